The Kier molecular flexibility index (Phi) is 4.62. The fourth-order valence-electron chi connectivity index (χ4n) is 1.80. The molecule has 1 unspecified atom stereocenters. The lowest BCUT2D eigenvalue weighted by molar-refractivity contribution is 0.601. The van der Waals surface area contributed by atoms with Crippen LogP contribution in [0.5, 0.6) is 0 Å². The van der Waals surface area contributed by atoms with Crippen LogP contribution < -0.4 is 5.32 Å². The monoisotopic (exact) mass is 300 g/mol. The number of thiazole rings is 1. The molecule has 5 heteroatoms. The molecule has 2 rings (SSSR count). The van der Waals surface area contributed by atoms with Crippen molar-refractivity contribution in [1.29, 1.82) is 0 Å². The molecular formula is C13H14Cl2N2S. The largest absolute Gasteiger partial charge is 0.312 e. The molecule has 96 valence electrons. The summed E-state index contributed by atoms with van der Waals surface area (Å²) in [6, 6.07) is 5.78. The first-order valence-corrected chi connectivity index (χ1v) is 7.21. The number of nitrogens with zero attached hydrogens (tertiary/aromatic N) is 1. The van der Waals surface area contributed by atoms with E-state index < -0.39 is 0 Å². The molecular weight excluding hydrogens is 287 g/mol. The lowest BCUT2D eigenvalue weighted by Gasteiger charge is -2.15. The quantitative estimate of drug-likeness (QED) is 0.912. The lowest BCUT2D eigenvalue weighted by atomic mass is 10.1. The zero-order valence-corrected chi connectivity index (χ0v) is 12.5. The molecule has 0 bridgehead atoms. The fourth-order valence-corrected chi connectivity index (χ4v) is 3.09. The van der Waals surface area contributed by atoms with E-state index in [0.29, 0.717) is 5.02 Å². The number of hydrogen-bond acceptors (Lipinski definition) is 3. The second-order valence-corrected chi connectivity index (χ2v) is 6.17. The zero-order valence-electron chi connectivity index (χ0n) is 10.2. The second-order valence-electron chi connectivity index (χ2n) is 4.06. The van der Waals surface area contributed by atoms with Crippen LogP contribution in [-0.4, -0.2) is 12.0 Å². The van der Waals surface area contributed by atoms with Crippen molar-refractivity contribution in [2.24, 2.45) is 0 Å². The van der Waals surface area contributed by atoms with Gasteiger partial charge in [0, 0.05) is 27.2 Å². The predicted octanol–water partition coefficient (Wildman–Crippen LogP) is 4.26. The van der Waals surface area contributed by atoms with Gasteiger partial charge in [-0.15, -0.1) is 11.3 Å². The van der Waals surface area contributed by atoms with Crippen LogP contribution >= 0.6 is 34.5 Å². The van der Waals surface area contributed by atoms with Gasteiger partial charge in [0.2, 0.25) is 0 Å². The minimum absolute atomic E-state index is 0.215. The molecule has 18 heavy (non-hydrogen) atoms. The molecule has 0 aliphatic rings. The van der Waals surface area contributed by atoms with E-state index in [-0.39, 0.29) is 6.04 Å². The summed E-state index contributed by atoms with van der Waals surface area (Å²) in [5, 5.41) is 5.83. The van der Waals surface area contributed by atoms with Crippen molar-refractivity contribution in [3.05, 3.63) is 49.9 Å². The highest BCUT2D eigenvalue weighted by molar-refractivity contribution is 7.11. The Morgan fingerprint density at radius 1 is 1.39 bits per heavy atom. The van der Waals surface area contributed by atoms with Gasteiger partial charge in [0.25, 0.3) is 0 Å². The van der Waals surface area contributed by atoms with E-state index >= 15 is 0 Å². The van der Waals surface area contributed by atoms with Crippen molar-refractivity contribution in [1.82, 2.24) is 10.3 Å². The van der Waals surface area contributed by atoms with E-state index in [4.69, 9.17) is 23.2 Å². The minimum Gasteiger partial charge on any atom is -0.312 e. The van der Waals surface area contributed by atoms with Gasteiger partial charge < -0.3 is 5.32 Å². The summed E-state index contributed by atoms with van der Waals surface area (Å²) < 4.78 is 0. The lowest BCUT2D eigenvalue weighted by Crippen LogP contribution is -2.17. The number of hydrogen-bond donors (Lipinski definition) is 1. The average molecular weight is 301 g/mol. The number of benzene rings is 1. The van der Waals surface area contributed by atoms with Crippen molar-refractivity contribution in [2.75, 3.05) is 7.05 Å². The number of aromatic nitrogens is 1. The van der Waals surface area contributed by atoms with Gasteiger partial charge >= 0.3 is 0 Å². The van der Waals surface area contributed by atoms with Gasteiger partial charge in [-0.2, -0.15) is 0 Å². The maximum atomic E-state index is 6.19. The van der Waals surface area contributed by atoms with Crippen LogP contribution in [0.15, 0.2) is 24.4 Å². The smallest absolute Gasteiger partial charge is 0.0897 e. The van der Waals surface area contributed by atoms with E-state index in [0.717, 1.165) is 22.0 Å². The molecule has 0 amide bonds. The van der Waals surface area contributed by atoms with Gasteiger partial charge in [0.1, 0.15) is 0 Å². The summed E-state index contributed by atoms with van der Waals surface area (Å²) in [5.41, 5.74) is 1.05. The van der Waals surface area contributed by atoms with E-state index in [1.165, 1.54) is 4.88 Å². The molecule has 1 N–H and O–H groups in total. The molecule has 0 saturated carbocycles. The third-order valence-electron chi connectivity index (χ3n) is 2.76. The molecule has 1 heterocycles. The van der Waals surface area contributed by atoms with Gasteiger partial charge in [-0.05, 0) is 44.2 Å². The SMILES string of the molecule is CNC(Cc1cc(Cl)ccc1Cl)c1cnc(C)s1. The normalized spacial score (nSPS) is 12.7. The molecule has 0 spiro atoms. The summed E-state index contributed by atoms with van der Waals surface area (Å²) in [6.45, 7) is 2.01. The number of rotatable bonds is 4. The summed E-state index contributed by atoms with van der Waals surface area (Å²) >= 11 is 13.9. The summed E-state index contributed by atoms with van der Waals surface area (Å²) in [6.07, 6.45) is 2.72. The first-order valence-electron chi connectivity index (χ1n) is 5.63. The number of aryl methyl sites for hydroxylation is 1. The summed E-state index contributed by atoms with van der Waals surface area (Å²) in [4.78, 5) is 5.50. The van der Waals surface area contributed by atoms with Crippen molar-refractivity contribution < 1.29 is 0 Å². The van der Waals surface area contributed by atoms with Crippen LogP contribution in [-0.2, 0) is 6.42 Å². The van der Waals surface area contributed by atoms with Crippen molar-refractivity contribution >= 4 is 34.5 Å². The Bertz CT molecular complexity index is 540. The van der Waals surface area contributed by atoms with Gasteiger partial charge in [0.15, 0.2) is 0 Å². The third-order valence-corrected chi connectivity index (χ3v) is 4.39. The molecule has 0 radical (unpaired) electrons. The Balaban J connectivity index is 2.22. The highest BCUT2D eigenvalue weighted by atomic mass is 35.5. The topological polar surface area (TPSA) is 24.9 Å². The molecule has 2 nitrogen and oxygen atoms in total. The Morgan fingerprint density at radius 2 is 2.17 bits per heavy atom. The second kappa shape index (κ2) is 6.02. The first-order chi connectivity index (χ1) is 8.60. The van der Waals surface area contributed by atoms with Crippen LogP contribution in [0.2, 0.25) is 10.0 Å². The first kappa shape index (κ1) is 13.8. The van der Waals surface area contributed by atoms with Crippen LogP contribution in [0, 0.1) is 6.92 Å². The maximum Gasteiger partial charge on any atom is 0.0897 e. The highest BCUT2D eigenvalue weighted by Gasteiger charge is 2.14. The molecule has 1 aromatic carbocycles. The molecule has 0 fully saturated rings. The number of nitrogens with one attached hydrogen (secondary N) is 1. The van der Waals surface area contributed by atoms with Gasteiger partial charge in [0.05, 0.1) is 5.01 Å². The molecule has 0 saturated heterocycles. The van der Waals surface area contributed by atoms with E-state index in [9.17, 15) is 0 Å². The van der Waals surface area contributed by atoms with Crippen LogP contribution in [0.25, 0.3) is 0 Å². The van der Waals surface area contributed by atoms with Crippen molar-refractivity contribution in [3.63, 3.8) is 0 Å². The van der Waals surface area contributed by atoms with E-state index in [1.807, 2.05) is 32.3 Å². The molecule has 0 aliphatic heterocycles. The fraction of sp³-hybridized carbons (Fsp3) is 0.308. The molecule has 0 aliphatic carbocycles. The third kappa shape index (κ3) is 3.23. The predicted molar refractivity (Wildman–Crippen MR) is 78.8 cm³/mol. The summed E-state index contributed by atoms with van der Waals surface area (Å²) in [5.74, 6) is 0. The van der Waals surface area contributed by atoms with Gasteiger partial charge in [-0.3, -0.25) is 0 Å². The Labute approximate surface area is 121 Å². The molecule has 1 aromatic heterocycles. The number of halogens is 2. The van der Waals surface area contributed by atoms with Gasteiger partial charge in [-0.1, -0.05) is 23.2 Å². The molecule has 1 atom stereocenters. The highest BCUT2D eigenvalue weighted by Crippen LogP contribution is 2.28. The van der Waals surface area contributed by atoms with Crippen molar-refractivity contribution in [2.45, 2.75) is 19.4 Å². The maximum absolute atomic E-state index is 6.19. The standard InChI is InChI=1S/C13H14Cl2N2S/c1-8-17-7-13(18-8)12(16-2)6-9-5-10(14)3-4-11(9)15/h3-5,7,12,16H,6H2,1-2H3. The van der Waals surface area contributed by atoms with E-state index in [2.05, 4.69) is 10.3 Å². The van der Waals surface area contributed by atoms with Crippen LogP contribution in [0.4, 0.5) is 0 Å². The number of likely N-dealkylation sites (N-methyl/N-ethyl adjacent to an activating group) is 1. The summed E-state index contributed by atoms with van der Waals surface area (Å²) in [7, 11) is 1.94. The molecule has 2 aromatic rings. The Morgan fingerprint density at radius 3 is 2.78 bits per heavy atom. The van der Waals surface area contributed by atoms with Gasteiger partial charge in [-0.25, -0.2) is 4.98 Å². The average Bonchev–Trinajstić information content (AvgIpc) is 2.77. The van der Waals surface area contributed by atoms with Crippen molar-refractivity contribution in [3.8, 4) is 0 Å². The Hall–Kier alpha value is -0.610. The van der Waals surface area contributed by atoms with E-state index in [1.54, 1.807) is 17.4 Å². The zero-order chi connectivity index (χ0) is 13.1. The van der Waals surface area contributed by atoms with Crippen LogP contribution in [0.1, 0.15) is 21.5 Å². The minimum atomic E-state index is 0.215. The van der Waals surface area contributed by atoms with Crippen LogP contribution in [0.3, 0.4) is 0 Å².